The Morgan fingerprint density at radius 2 is 2.00 bits per heavy atom. The third-order valence-corrected chi connectivity index (χ3v) is 2.74. The minimum atomic E-state index is 0.569. The van der Waals surface area contributed by atoms with Crippen LogP contribution in [0.1, 0.15) is 30.9 Å². The summed E-state index contributed by atoms with van der Waals surface area (Å²) >= 11 is 1.76. The van der Waals surface area contributed by atoms with Crippen molar-refractivity contribution in [2.24, 2.45) is 0 Å². The summed E-state index contributed by atoms with van der Waals surface area (Å²) in [6.07, 6.45) is 5.02. The molecule has 0 aliphatic rings. The van der Waals surface area contributed by atoms with Crippen LogP contribution in [0, 0.1) is 6.08 Å². The lowest BCUT2D eigenvalue weighted by atomic mass is 10.0. The molecule has 0 unspecified atom stereocenters. The van der Waals surface area contributed by atoms with Gasteiger partial charge >= 0.3 is 0 Å². The van der Waals surface area contributed by atoms with Gasteiger partial charge in [0.1, 0.15) is 0 Å². The Hall–Kier alpha value is -0.690. The molecule has 0 atom stereocenters. The SMILES string of the molecule is C=[C]c1cc(SC)cc(C(C)C)c1. The molecule has 0 spiro atoms. The number of rotatable bonds is 3. The number of benzene rings is 1. The molecule has 0 amide bonds. The van der Waals surface area contributed by atoms with E-state index < -0.39 is 0 Å². The molecule has 0 saturated carbocycles. The summed E-state index contributed by atoms with van der Waals surface area (Å²) in [5.74, 6) is 0.569. The van der Waals surface area contributed by atoms with Crippen LogP contribution < -0.4 is 0 Å². The summed E-state index contributed by atoms with van der Waals surface area (Å²) in [5.41, 5.74) is 2.45. The third-order valence-electron chi connectivity index (χ3n) is 2.04. The molecule has 1 aromatic rings. The van der Waals surface area contributed by atoms with Crippen LogP contribution in [-0.4, -0.2) is 6.26 Å². The second-order valence-corrected chi connectivity index (χ2v) is 4.21. The average Bonchev–Trinajstić information content (AvgIpc) is 2.16. The van der Waals surface area contributed by atoms with Gasteiger partial charge in [0, 0.05) is 4.90 Å². The van der Waals surface area contributed by atoms with Gasteiger partial charge in [-0.15, -0.1) is 11.8 Å². The zero-order valence-corrected chi connectivity index (χ0v) is 9.24. The van der Waals surface area contributed by atoms with E-state index in [2.05, 4.69) is 51.0 Å². The van der Waals surface area contributed by atoms with Crippen LogP contribution in [0.15, 0.2) is 29.7 Å². The van der Waals surface area contributed by atoms with Crippen molar-refractivity contribution in [2.45, 2.75) is 24.7 Å². The van der Waals surface area contributed by atoms with Crippen molar-refractivity contribution < 1.29 is 0 Å². The van der Waals surface area contributed by atoms with Crippen LogP contribution in [-0.2, 0) is 0 Å². The van der Waals surface area contributed by atoms with Crippen molar-refractivity contribution in [3.8, 4) is 0 Å². The lowest BCUT2D eigenvalue weighted by Crippen LogP contribution is -1.89. The molecule has 69 valence electrons. The van der Waals surface area contributed by atoms with Crippen molar-refractivity contribution >= 4 is 11.8 Å². The Morgan fingerprint density at radius 1 is 1.31 bits per heavy atom. The van der Waals surface area contributed by atoms with Crippen LogP contribution in [0.2, 0.25) is 0 Å². The van der Waals surface area contributed by atoms with Crippen LogP contribution in [0.5, 0.6) is 0 Å². The lowest BCUT2D eigenvalue weighted by molar-refractivity contribution is 0.861. The Kier molecular flexibility index (Phi) is 3.61. The molecule has 1 aromatic carbocycles. The molecule has 0 fully saturated rings. The van der Waals surface area contributed by atoms with Crippen molar-refractivity contribution in [3.05, 3.63) is 42.0 Å². The molecular formula is C12H15S. The van der Waals surface area contributed by atoms with E-state index in [1.165, 1.54) is 10.5 Å². The lowest BCUT2D eigenvalue weighted by Gasteiger charge is -2.08. The summed E-state index contributed by atoms with van der Waals surface area (Å²) in [6.45, 7) is 8.07. The molecule has 0 heterocycles. The molecule has 0 N–H and O–H groups in total. The largest absolute Gasteiger partial charge is 0.130 e. The van der Waals surface area contributed by atoms with Crippen LogP contribution in [0.25, 0.3) is 0 Å². The zero-order valence-electron chi connectivity index (χ0n) is 8.42. The molecule has 0 saturated heterocycles. The first-order valence-electron chi connectivity index (χ1n) is 4.39. The maximum absolute atomic E-state index is 3.67. The minimum Gasteiger partial charge on any atom is -0.130 e. The fourth-order valence-corrected chi connectivity index (χ4v) is 1.67. The van der Waals surface area contributed by atoms with Gasteiger partial charge in [-0.3, -0.25) is 0 Å². The van der Waals surface area contributed by atoms with Crippen molar-refractivity contribution in [2.75, 3.05) is 6.26 Å². The van der Waals surface area contributed by atoms with Gasteiger partial charge in [-0.25, -0.2) is 0 Å². The van der Waals surface area contributed by atoms with E-state index in [4.69, 9.17) is 0 Å². The molecule has 0 aliphatic carbocycles. The van der Waals surface area contributed by atoms with Crippen molar-refractivity contribution in [1.82, 2.24) is 0 Å². The van der Waals surface area contributed by atoms with E-state index in [1.54, 1.807) is 11.8 Å². The molecule has 0 bridgehead atoms. The Balaban J connectivity index is 3.14. The summed E-state index contributed by atoms with van der Waals surface area (Å²) in [4.78, 5) is 1.29. The quantitative estimate of drug-likeness (QED) is 0.654. The van der Waals surface area contributed by atoms with E-state index in [-0.39, 0.29) is 0 Å². The minimum absolute atomic E-state index is 0.569. The van der Waals surface area contributed by atoms with Crippen molar-refractivity contribution in [3.63, 3.8) is 0 Å². The maximum Gasteiger partial charge on any atom is 0.00781 e. The Bertz CT molecular complexity index is 300. The normalized spacial score (nSPS) is 10.5. The molecule has 0 aromatic heterocycles. The zero-order chi connectivity index (χ0) is 9.84. The molecule has 0 nitrogen and oxygen atoms in total. The van der Waals surface area contributed by atoms with Gasteiger partial charge in [-0.05, 0) is 41.5 Å². The maximum atomic E-state index is 3.67. The van der Waals surface area contributed by atoms with Crippen LogP contribution in [0.3, 0.4) is 0 Å². The van der Waals surface area contributed by atoms with Crippen LogP contribution >= 0.6 is 11.8 Å². The highest BCUT2D eigenvalue weighted by Gasteiger charge is 2.02. The fraction of sp³-hybridized carbons (Fsp3) is 0.333. The molecule has 1 radical (unpaired) electrons. The van der Waals surface area contributed by atoms with E-state index in [0.29, 0.717) is 5.92 Å². The molecule has 0 aliphatic heterocycles. The summed E-state index contributed by atoms with van der Waals surface area (Å²) < 4.78 is 0. The first-order valence-corrected chi connectivity index (χ1v) is 5.62. The summed E-state index contributed by atoms with van der Waals surface area (Å²) in [7, 11) is 0. The second-order valence-electron chi connectivity index (χ2n) is 3.33. The van der Waals surface area contributed by atoms with Gasteiger partial charge in [-0.2, -0.15) is 0 Å². The van der Waals surface area contributed by atoms with Gasteiger partial charge in [0.05, 0.1) is 0 Å². The van der Waals surface area contributed by atoms with Crippen LogP contribution in [0.4, 0.5) is 0 Å². The number of hydrogen-bond acceptors (Lipinski definition) is 1. The first-order chi connectivity index (χ1) is 6.17. The highest BCUT2D eigenvalue weighted by molar-refractivity contribution is 7.98. The van der Waals surface area contributed by atoms with Gasteiger partial charge < -0.3 is 0 Å². The van der Waals surface area contributed by atoms with Gasteiger partial charge in [0.15, 0.2) is 0 Å². The van der Waals surface area contributed by atoms with E-state index in [1.807, 2.05) is 0 Å². The van der Waals surface area contributed by atoms with Gasteiger partial charge in [0.2, 0.25) is 0 Å². The Morgan fingerprint density at radius 3 is 2.46 bits per heavy atom. The van der Waals surface area contributed by atoms with E-state index in [9.17, 15) is 0 Å². The average molecular weight is 191 g/mol. The second kappa shape index (κ2) is 4.52. The van der Waals surface area contributed by atoms with Gasteiger partial charge in [-0.1, -0.05) is 26.5 Å². The molecule has 1 rings (SSSR count). The summed E-state index contributed by atoms with van der Waals surface area (Å²) in [6, 6.07) is 6.50. The third kappa shape index (κ3) is 2.63. The number of thioether (sulfide) groups is 1. The van der Waals surface area contributed by atoms with E-state index >= 15 is 0 Å². The van der Waals surface area contributed by atoms with Gasteiger partial charge in [0.25, 0.3) is 0 Å². The number of hydrogen-bond donors (Lipinski definition) is 0. The Labute approximate surface area is 85.1 Å². The first kappa shape index (κ1) is 10.4. The summed E-state index contributed by atoms with van der Waals surface area (Å²) in [5, 5.41) is 0. The molecular weight excluding hydrogens is 176 g/mol. The highest BCUT2D eigenvalue weighted by atomic mass is 32.2. The van der Waals surface area contributed by atoms with Crippen molar-refractivity contribution in [1.29, 1.82) is 0 Å². The fourth-order valence-electron chi connectivity index (χ4n) is 1.18. The highest BCUT2D eigenvalue weighted by Crippen LogP contribution is 2.23. The van der Waals surface area contributed by atoms with E-state index in [0.717, 1.165) is 5.56 Å². The predicted octanol–water partition coefficient (Wildman–Crippen LogP) is 3.87. The topological polar surface area (TPSA) is 0 Å². The molecule has 13 heavy (non-hydrogen) atoms. The standard InChI is InChI=1S/C12H15S/c1-5-10-6-11(9(2)3)8-12(7-10)13-4/h6-9H,1H2,2-4H3. The predicted molar refractivity (Wildman–Crippen MR) is 60.3 cm³/mol. The molecule has 1 heteroatoms. The smallest absolute Gasteiger partial charge is 0.00781 e. The monoisotopic (exact) mass is 191 g/mol.